The quantitative estimate of drug-likeness (QED) is 0.735. The molecule has 0 bridgehead atoms. The van der Waals surface area contributed by atoms with Crippen LogP contribution in [0.4, 0.5) is 11.4 Å². The highest BCUT2D eigenvalue weighted by molar-refractivity contribution is 7.89. The van der Waals surface area contributed by atoms with Crippen LogP contribution in [-0.2, 0) is 15.4 Å². The maximum Gasteiger partial charge on any atom is 0.238 e. The van der Waals surface area contributed by atoms with E-state index in [9.17, 15) is 8.42 Å². The van der Waals surface area contributed by atoms with Crippen LogP contribution < -0.4 is 16.2 Å². The predicted octanol–water partition coefficient (Wildman–Crippen LogP) is 2.37. The minimum atomic E-state index is -3.73. The highest BCUT2D eigenvalue weighted by Gasteiger charge is 2.22. The number of sulfonamides is 1. The number of nitrogens with one attached hydrogen (secondary N) is 1. The van der Waals surface area contributed by atoms with Crippen LogP contribution in [-0.4, -0.2) is 15.0 Å². The second kappa shape index (κ2) is 5.67. The van der Waals surface area contributed by atoms with Crippen molar-refractivity contribution in [3.63, 3.8) is 0 Å². The number of anilines is 2. The van der Waals surface area contributed by atoms with E-state index in [1.165, 1.54) is 17.0 Å². The molecule has 5 nitrogen and oxygen atoms in total. The van der Waals surface area contributed by atoms with Crippen LogP contribution in [0, 0.1) is 0 Å². The molecule has 0 amide bonds. The maximum atomic E-state index is 11.4. The molecule has 0 saturated heterocycles. The molecule has 2 rings (SSSR count). The molecule has 1 heterocycles. The van der Waals surface area contributed by atoms with Crippen molar-refractivity contribution < 1.29 is 8.42 Å². The first-order valence-corrected chi connectivity index (χ1v) is 8.83. The Labute approximate surface area is 129 Å². The summed E-state index contributed by atoms with van der Waals surface area (Å²) in [5.74, 6) is 0. The number of nitrogens with two attached hydrogens (primary N) is 2. The van der Waals surface area contributed by atoms with Crippen LogP contribution in [0.5, 0.6) is 0 Å². The molecule has 0 unspecified atom stereocenters. The van der Waals surface area contributed by atoms with E-state index in [1.54, 1.807) is 17.4 Å². The van der Waals surface area contributed by atoms with E-state index in [0.717, 1.165) is 0 Å². The Morgan fingerprint density at radius 1 is 1.29 bits per heavy atom. The van der Waals surface area contributed by atoms with E-state index >= 15 is 0 Å². The van der Waals surface area contributed by atoms with Crippen molar-refractivity contribution in [3.8, 4) is 0 Å². The van der Waals surface area contributed by atoms with Crippen molar-refractivity contribution in [2.45, 2.75) is 24.2 Å². The molecule has 114 valence electrons. The van der Waals surface area contributed by atoms with Gasteiger partial charge < -0.3 is 11.1 Å². The Bertz CT molecular complexity index is 723. The van der Waals surface area contributed by atoms with E-state index < -0.39 is 10.0 Å². The van der Waals surface area contributed by atoms with Gasteiger partial charge in [0.15, 0.2) is 0 Å². The largest absolute Gasteiger partial charge is 0.397 e. The molecule has 0 spiro atoms. The third-order valence-corrected chi connectivity index (χ3v) is 5.41. The van der Waals surface area contributed by atoms with Crippen molar-refractivity contribution in [1.82, 2.24) is 0 Å². The van der Waals surface area contributed by atoms with Gasteiger partial charge in [0.05, 0.1) is 16.3 Å². The summed E-state index contributed by atoms with van der Waals surface area (Å²) in [4.78, 5) is 1.30. The number of nitrogen functional groups attached to an aromatic ring is 1. The van der Waals surface area contributed by atoms with Gasteiger partial charge in [-0.2, -0.15) is 0 Å². The Balaban J connectivity index is 2.20. The van der Waals surface area contributed by atoms with Crippen LogP contribution >= 0.6 is 11.3 Å². The second-order valence-corrected chi connectivity index (χ2v) is 8.02. The normalized spacial score (nSPS) is 12.3. The van der Waals surface area contributed by atoms with Crippen molar-refractivity contribution in [2.24, 2.45) is 5.14 Å². The summed E-state index contributed by atoms with van der Waals surface area (Å²) in [5, 5.41) is 10.4. The summed E-state index contributed by atoms with van der Waals surface area (Å²) in [6.45, 7) is 4.86. The lowest BCUT2D eigenvalue weighted by molar-refractivity contribution is 0.569. The number of rotatable bonds is 5. The zero-order chi connectivity index (χ0) is 15.7. The molecule has 1 aromatic carbocycles. The van der Waals surface area contributed by atoms with Gasteiger partial charge >= 0.3 is 0 Å². The van der Waals surface area contributed by atoms with Gasteiger partial charge in [-0.1, -0.05) is 19.9 Å². The Morgan fingerprint density at radius 2 is 2.00 bits per heavy atom. The van der Waals surface area contributed by atoms with E-state index in [1.807, 2.05) is 11.4 Å². The highest BCUT2D eigenvalue weighted by Crippen LogP contribution is 2.29. The third kappa shape index (κ3) is 3.75. The number of hydrogen-bond donors (Lipinski definition) is 3. The Hall–Kier alpha value is -1.57. The first-order chi connectivity index (χ1) is 9.70. The lowest BCUT2D eigenvalue weighted by Crippen LogP contribution is -2.27. The maximum absolute atomic E-state index is 11.4. The molecule has 1 aromatic heterocycles. The number of benzene rings is 1. The summed E-state index contributed by atoms with van der Waals surface area (Å²) in [6, 6.07) is 8.50. The van der Waals surface area contributed by atoms with Crippen LogP contribution in [0.1, 0.15) is 18.7 Å². The van der Waals surface area contributed by atoms with Crippen molar-refractivity contribution in [1.29, 1.82) is 0 Å². The fourth-order valence-electron chi connectivity index (χ4n) is 1.93. The topological polar surface area (TPSA) is 98.2 Å². The lowest BCUT2D eigenvalue weighted by atomic mass is 9.91. The molecule has 5 N–H and O–H groups in total. The van der Waals surface area contributed by atoms with Gasteiger partial charge in [0.1, 0.15) is 0 Å². The monoisotopic (exact) mass is 325 g/mol. The lowest BCUT2D eigenvalue weighted by Gasteiger charge is -2.25. The van der Waals surface area contributed by atoms with Gasteiger partial charge in [-0.05, 0) is 29.6 Å². The zero-order valence-electron chi connectivity index (χ0n) is 12.0. The van der Waals surface area contributed by atoms with E-state index in [-0.39, 0.29) is 10.3 Å². The predicted molar refractivity (Wildman–Crippen MR) is 88.1 cm³/mol. The van der Waals surface area contributed by atoms with Gasteiger partial charge in [-0.15, -0.1) is 11.3 Å². The molecule has 0 atom stereocenters. The van der Waals surface area contributed by atoms with Crippen LogP contribution in [0.3, 0.4) is 0 Å². The fourth-order valence-corrected chi connectivity index (χ4v) is 3.32. The summed E-state index contributed by atoms with van der Waals surface area (Å²) < 4.78 is 22.8. The second-order valence-electron chi connectivity index (χ2n) is 5.51. The zero-order valence-corrected chi connectivity index (χ0v) is 13.6. The molecule has 2 aromatic rings. The van der Waals surface area contributed by atoms with Gasteiger partial charge in [0, 0.05) is 16.8 Å². The Morgan fingerprint density at radius 3 is 2.57 bits per heavy atom. The summed E-state index contributed by atoms with van der Waals surface area (Å²) in [6.07, 6.45) is 0. The average Bonchev–Trinajstić information content (AvgIpc) is 2.91. The van der Waals surface area contributed by atoms with Gasteiger partial charge in [0.25, 0.3) is 0 Å². The van der Waals surface area contributed by atoms with Crippen molar-refractivity contribution in [2.75, 3.05) is 17.6 Å². The molecule has 0 saturated carbocycles. The third-order valence-electron chi connectivity index (χ3n) is 3.26. The van der Waals surface area contributed by atoms with E-state index in [4.69, 9.17) is 10.9 Å². The SMILES string of the molecule is CC(C)(CNc1cc(S(N)(=O)=O)ccc1N)c1cccs1. The highest BCUT2D eigenvalue weighted by atomic mass is 32.2. The van der Waals surface area contributed by atoms with Gasteiger partial charge in [-0.3, -0.25) is 0 Å². The first-order valence-electron chi connectivity index (χ1n) is 6.40. The number of thiophene rings is 1. The van der Waals surface area contributed by atoms with Crippen molar-refractivity contribution >= 4 is 32.7 Å². The fraction of sp³-hybridized carbons (Fsp3) is 0.286. The first kappa shape index (κ1) is 15.8. The number of hydrogen-bond acceptors (Lipinski definition) is 5. The van der Waals surface area contributed by atoms with E-state index in [0.29, 0.717) is 17.9 Å². The molecule has 0 aliphatic heterocycles. The molecule has 21 heavy (non-hydrogen) atoms. The molecule has 0 fully saturated rings. The molecule has 7 heteroatoms. The van der Waals surface area contributed by atoms with Crippen molar-refractivity contribution in [3.05, 3.63) is 40.6 Å². The minimum absolute atomic E-state index is 0.0492. The minimum Gasteiger partial charge on any atom is -0.397 e. The summed E-state index contributed by atoms with van der Waals surface area (Å²) >= 11 is 1.69. The number of primary sulfonamides is 1. The van der Waals surface area contributed by atoms with Crippen LogP contribution in [0.2, 0.25) is 0 Å². The molecule has 0 radical (unpaired) electrons. The van der Waals surface area contributed by atoms with E-state index in [2.05, 4.69) is 25.2 Å². The summed E-state index contributed by atoms with van der Waals surface area (Å²) in [7, 11) is -3.73. The smallest absolute Gasteiger partial charge is 0.238 e. The molecular formula is C14H19N3O2S2. The van der Waals surface area contributed by atoms with Gasteiger partial charge in [0.2, 0.25) is 10.0 Å². The van der Waals surface area contributed by atoms with Crippen LogP contribution in [0.25, 0.3) is 0 Å². The molecule has 0 aliphatic carbocycles. The standard InChI is InChI=1S/C14H19N3O2S2/c1-14(2,13-4-3-7-20-13)9-17-12-8-10(21(16,18)19)5-6-11(12)15/h3-8,17H,9,15H2,1-2H3,(H2,16,18,19). The summed E-state index contributed by atoms with van der Waals surface area (Å²) in [5.41, 5.74) is 6.87. The Kier molecular flexibility index (Phi) is 4.27. The van der Waals surface area contributed by atoms with Crippen LogP contribution in [0.15, 0.2) is 40.6 Å². The average molecular weight is 325 g/mol. The van der Waals surface area contributed by atoms with Gasteiger partial charge in [-0.25, -0.2) is 13.6 Å². The molecular weight excluding hydrogens is 306 g/mol. The molecule has 0 aliphatic rings.